The Labute approximate surface area is 228 Å². The van der Waals surface area contributed by atoms with Gasteiger partial charge < -0.3 is 14.8 Å². The molecule has 0 aliphatic rings. The van der Waals surface area contributed by atoms with Gasteiger partial charge in [0, 0.05) is 0 Å². The lowest BCUT2D eigenvalue weighted by Crippen LogP contribution is -2.39. The lowest BCUT2D eigenvalue weighted by atomic mass is 10.1. The Bertz CT molecular complexity index is 1410. The molecule has 0 aliphatic carbocycles. The Morgan fingerprint density at radius 2 is 1.72 bits per heavy atom. The summed E-state index contributed by atoms with van der Waals surface area (Å²) in [7, 11) is -2.35. The number of ether oxygens (including phenoxy) is 2. The summed E-state index contributed by atoms with van der Waals surface area (Å²) in [6.07, 6.45) is 2.43. The zero-order valence-electron chi connectivity index (χ0n) is 22.2. The molecule has 0 saturated heterocycles. The molecule has 39 heavy (non-hydrogen) atoms. The molecule has 1 atom stereocenters. The Hall–Kier alpha value is -4.38. The van der Waals surface area contributed by atoms with Crippen LogP contribution in [0.4, 0.5) is 5.69 Å². The first-order valence-electron chi connectivity index (χ1n) is 12.1. The number of amides is 2. The maximum absolute atomic E-state index is 12.5. The molecule has 3 aromatic rings. The van der Waals surface area contributed by atoms with E-state index in [-0.39, 0.29) is 24.2 Å². The van der Waals surface area contributed by atoms with Crippen molar-refractivity contribution in [3.8, 4) is 11.5 Å². The lowest BCUT2D eigenvalue weighted by molar-refractivity contribution is -0.123. The van der Waals surface area contributed by atoms with E-state index in [0.29, 0.717) is 17.1 Å². The van der Waals surface area contributed by atoms with Crippen LogP contribution in [0.1, 0.15) is 29.7 Å². The van der Waals surface area contributed by atoms with Crippen LogP contribution in [0.5, 0.6) is 11.5 Å². The van der Waals surface area contributed by atoms with Gasteiger partial charge in [0.25, 0.3) is 11.8 Å². The molecule has 11 heteroatoms. The van der Waals surface area contributed by atoms with Crippen molar-refractivity contribution < 1.29 is 27.5 Å². The van der Waals surface area contributed by atoms with Crippen molar-refractivity contribution in [2.45, 2.75) is 19.9 Å². The van der Waals surface area contributed by atoms with Gasteiger partial charge in [-0.25, -0.2) is 13.8 Å². The Balaban J connectivity index is 1.52. The predicted octanol–water partition coefficient (Wildman–Crippen LogP) is 3.18. The second kappa shape index (κ2) is 13.4. The number of carbonyl (C=O) groups excluding carboxylic acids is 2. The normalized spacial score (nSPS) is 12.0. The number of methoxy groups -OCH3 is 1. The van der Waals surface area contributed by atoms with Crippen LogP contribution in [-0.4, -0.2) is 53.0 Å². The number of nitrogens with one attached hydrogen (secondary N) is 2. The quantitative estimate of drug-likeness (QED) is 0.263. The highest BCUT2D eigenvalue weighted by Gasteiger charge is 2.24. The van der Waals surface area contributed by atoms with E-state index in [0.717, 1.165) is 21.7 Å². The Morgan fingerprint density at radius 3 is 2.36 bits per heavy atom. The van der Waals surface area contributed by atoms with Crippen LogP contribution in [-0.2, 0) is 19.6 Å². The molecule has 0 unspecified atom stereocenters. The van der Waals surface area contributed by atoms with E-state index in [1.807, 2.05) is 44.2 Å². The standard InChI is InChI=1S/C28H32N4O6S/c1-20-10-15-26(37-3)25(16-20)32(39(4,35)36)18-27(33)31-29-17-22-11-13-24(14-12-22)38-19-28(34)30-21(2)23-8-6-5-7-9-23/h5-17,21H,18-19H2,1-4H3,(H,30,34)(H,31,33)/b29-17-/t21-/m0/s1. The average molecular weight is 553 g/mol. The monoisotopic (exact) mass is 552 g/mol. The maximum Gasteiger partial charge on any atom is 0.260 e. The number of hydrogen-bond acceptors (Lipinski definition) is 7. The minimum absolute atomic E-state index is 0.136. The predicted molar refractivity (Wildman–Crippen MR) is 151 cm³/mol. The molecule has 0 heterocycles. The van der Waals surface area contributed by atoms with E-state index < -0.39 is 22.5 Å². The van der Waals surface area contributed by atoms with Gasteiger partial charge in [-0.1, -0.05) is 36.4 Å². The highest BCUT2D eigenvalue weighted by Crippen LogP contribution is 2.30. The van der Waals surface area contributed by atoms with Crippen LogP contribution in [0.25, 0.3) is 0 Å². The summed E-state index contributed by atoms with van der Waals surface area (Å²) in [6, 6.07) is 21.3. The zero-order valence-corrected chi connectivity index (χ0v) is 23.1. The molecule has 0 saturated carbocycles. The molecule has 0 fully saturated rings. The van der Waals surface area contributed by atoms with Crippen molar-refractivity contribution in [1.82, 2.24) is 10.7 Å². The topological polar surface area (TPSA) is 126 Å². The first kappa shape index (κ1) is 29.2. The van der Waals surface area contributed by atoms with Crippen molar-refractivity contribution in [1.29, 1.82) is 0 Å². The van der Waals surface area contributed by atoms with Gasteiger partial charge in [0.2, 0.25) is 10.0 Å². The van der Waals surface area contributed by atoms with Crippen molar-refractivity contribution in [2.75, 3.05) is 30.8 Å². The summed E-state index contributed by atoms with van der Waals surface area (Å²) in [6.45, 7) is 3.10. The van der Waals surface area contributed by atoms with E-state index in [1.54, 1.807) is 42.5 Å². The first-order chi connectivity index (χ1) is 18.6. The van der Waals surface area contributed by atoms with E-state index in [2.05, 4.69) is 15.8 Å². The fraction of sp³-hybridized carbons (Fsp3) is 0.250. The molecule has 0 radical (unpaired) electrons. The summed E-state index contributed by atoms with van der Waals surface area (Å²) in [5, 5.41) is 6.80. The molecular weight excluding hydrogens is 520 g/mol. The molecule has 3 aromatic carbocycles. The number of carbonyl (C=O) groups is 2. The Morgan fingerprint density at radius 1 is 1.03 bits per heavy atom. The smallest absolute Gasteiger partial charge is 0.260 e. The van der Waals surface area contributed by atoms with E-state index in [9.17, 15) is 18.0 Å². The molecule has 206 valence electrons. The summed E-state index contributed by atoms with van der Waals surface area (Å²) in [5.74, 6) is -0.0514. The second-order valence-corrected chi connectivity index (χ2v) is 10.7. The third-order valence-corrected chi connectivity index (χ3v) is 6.75. The fourth-order valence-electron chi connectivity index (χ4n) is 3.63. The molecule has 2 N–H and O–H groups in total. The molecule has 10 nitrogen and oxygen atoms in total. The largest absolute Gasteiger partial charge is 0.495 e. The molecule has 0 spiro atoms. The van der Waals surface area contributed by atoms with Gasteiger partial charge in [-0.3, -0.25) is 13.9 Å². The number of nitrogens with zero attached hydrogens (tertiary/aromatic N) is 2. The number of rotatable bonds is 12. The molecule has 3 rings (SSSR count). The van der Waals surface area contributed by atoms with Crippen LogP contribution < -0.4 is 24.5 Å². The number of hydrogen-bond donors (Lipinski definition) is 2. The summed E-state index contributed by atoms with van der Waals surface area (Å²) in [4.78, 5) is 24.7. The molecular formula is C28H32N4O6S. The highest BCUT2D eigenvalue weighted by atomic mass is 32.2. The molecule has 0 aromatic heterocycles. The summed E-state index contributed by atoms with van der Waals surface area (Å²) in [5.41, 5.74) is 5.07. The van der Waals surface area contributed by atoms with Crippen molar-refractivity contribution in [2.24, 2.45) is 5.10 Å². The molecule has 0 bridgehead atoms. The van der Waals surface area contributed by atoms with E-state index in [1.165, 1.54) is 13.3 Å². The number of aryl methyl sites for hydroxylation is 1. The van der Waals surface area contributed by atoms with Gasteiger partial charge in [0.1, 0.15) is 18.0 Å². The number of sulfonamides is 1. The van der Waals surface area contributed by atoms with Crippen molar-refractivity contribution in [3.63, 3.8) is 0 Å². The van der Waals surface area contributed by atoms with Crippen LogP contribution in [0.3, 0.4) is 0 Å². The lowest BCUT2D eigenvalue weighted by Gasteiger charge is -2.23. The minimum atomic E-state index is -3.78. The van der Waals surface area contributed by atoms with Gasteiger partial charge >= 0.3 is 0 Å². The number of anilines is 1. The summed E-state index contributed by atoms with van der Waals surface area (Å²) < 4.78 is 36.6. The van der Waals surface area contributed by atoms with Crippen LogP contribution in [0, 0.1) is 6.92 Å². The van der Waals surface area contributed by atoms with Gasteiger partial charge in [-0.15, -0.1) is 0 Å². The second-order valence-electron chi connectivity index (χ2n) is 8.80. The zero-order chi connectivity index (χ0) is 28.4. The Kier molecular flexibility index (Phi) is 10.0. The highest BCUT2D eigenvalue weighted by molar-refractivity contribution is 7.92. The fourth-order valence-corrected chi connectivity index (χ4v) is 4.48. The van der Waals surface area contributed by atoms with Crippen LogP contribution >= 0.6 is 0 Å². The first-order valence-corrected chi connectivity index (χ1v) is 13.9. The molecule has 0 aliphatic heterocycles. The minimum Gasteiger partial charge on any atom is -0.495 e. The number of benzene rings is 3. The molecule has 2 amide bonds. The van der Waals surface area contributed by atoms with Gasteiger partial charge in [0.05, 0.1) is 31.3 Å². The van der Waals surface area contributed by atoms with Gasteiger partial charge in [-0.2, -0.15) is 5.10 Å². The van der Waals surface area contributed by atoms with Gasteiger partial charge in [-0.05, 0) is 66.9 Å². The van der Waals surface area contributed by atoms with Crippen LogP contribution in [0.2, 0.25) is 0 Å². The van der Waals surface area contributed by atoms with E-state index in [4.69, 9.17) is 9.47 Å². The number of hydrazone groups is 1. The summed E-state index contributed by atoms with van der Waals surface area (Å²) >= 11 is 0. The maximum atomic E-state index is 12.5. The van der Waals surface area contributed by atoms with E-state index >= 15 is 0 Å². The van der Waals surface area contributed by atoms with Crippen molar-refractivity contribution >= 4 is 33.7 Å². The SMILES string of the molecule is COc1ccc(C)cc1N(CC(=O)N/N=C\c1ccc(OCC(=O)N[C@@H](C)c2ccccc2)cc1)S(C)(=O)=O. The average Bonchev–Trinajstić information content (AvgIpc) is 2.91. The third kappa shape index (κ3) is 8.85. The van der Waals surface area contributed by atoms with Crippen molar-refractivity contribution in [3.05, 3.63) is 89.5 Å². The van der Waals surface area contributed by atoms with Gasteiger partial charge in [0.15, 0.2) is 6.61 Å². The van der Waals surface area contributed by atoms with Crippen LogP contribution in [0.15, 0.2) is 77.9 Å². The third-order valence-electron chi connectivity index (χ3n) is 5.62.